The summed E-state index contributed by atoms with van der Waals surface area (Å²) in [6.07, 6.45) is 8.86. The van der Waals surface area contributed by atoms with Crippen LogP contribution in [0.1, 0.15) is 61.5 Å². The van der Waals surface area contributed by atoms with Crippen molar-refractivity contribution in [1.29, 1.82) is 0 Å². The summed E-state index contributed by atoms with van der Waals surface area (Å²) in [4.78, 5) is 12.5. The van der Waals surface area contributed by atoms with Crippen molar-refractivity contribution < 1.29 is 23.7 Å². The van der Waals surface area contributed by atoms with Gasteiger partial charge in [-0.3, -0.25) is 9.89 Å². The van der Waals surface area contributed by atoms with E-state index >= 15 is 0 Å². The van der Waals surface area contributed by atoms with E-state index in [0.717, 1.165) is 17.7 Å². The summed E-state index contributed by atoms with van der Waals surface area (Å²) >= 11 is 0. The number of nitrogens with one attached hydrogen (secondary N) is 2. The normalized spacial score (nSPS) is 10.9. The Hall–Kier alpha value is -4.01. The molecule has 198 valence electrons. The minimum absolute atomic E-state index is 0.287. The fraction of sp³-hybridized carbons (Fsp3) is 0.393. The van der Waals surface area contributed by atoms with Crippen LogP contribution in [0.2, 0.25) is 0 Å². The molecule has 1 aromatic heterocycles. The largest absolute Gasteiger partial charge is 0.496 e. The van der Waals surface area contributed by atoms with Crippen LogP contribution in [0.3, 0.4) is 0 Å². The molecular weight excluding hydrogens is 472 g/mol. The molecule has 3 rings (SSSR count). The van der Waals surface area contributed by atoms with Crippen LogP contribution in [0.15, 0.2) is 47.6 Å². The fourth-order valence-corrected chi connectivity index (χ4v) is 3.75. The Bertz CT molecular complexity index is 1160. The van der Waals surface area contributed by atoms with Crippen LogP contribution >= 0.6 is 0 Å². The average Bonchev–Trinajstić information content (AvgIpc) is 3.43. The molecular formula is C28H36N4O5. The topological polar surface area (TPSA) is 107 Å². The SMILES string of the molecule is CCCCCCCCOc1ccc(-c2cc(C(=O)N/N=C\c3cc(OC)c(OC)cc3OC)[nH]n2)cc1. The average molecular weight is 509 g/mol. The van der Waals surface area contributed by atoms with Crippen molar-refractivity contribution >= 4 is 12.1 Å². The Morgan fingerprint density at radius 3 is 2.30 bits per heavy atom. The van der Waals surface area contributed by atoms with E-state index in [4.69, 9.17) is 18.9 Å². The molecule has 0 bridgehead atoms. The molecule has 9 nitrogen and oxygen atoms in total. The van der Waals surface area contributed by atoms with Gasteiger partial charge in [-0.15, -0.1) is 0 Å². The van der Waals surface area contributed by atoms with Crippen LogP contribution in [0.25, 0.3) is 11.3 Å². The summed E-state index contributed by atoms with van der Waals surface area (Å²) in [5.41, 5.74) is 4.92. The molecule has 0 aliphatic carbocycles. The number of rotatable bonds is 15. The second kappa shape index (κ2) is 14.5. The summed E-state index contributed by atoms with van der Waals surface area (Å²) in [5.74, 6) is 1.98. The van der Waals surface area contributed by atoms with Gasteiger partial charge in [-0.2, -0.15) is 10.2 Å². The highest BCUT2D eigenvalue weighted by molar-refractivity contribution is 5.94. The standard InChI is InChI=1S/C28H36N4O5/c1-5-6-7-8-9-10-15-37-22-13-11-20(12-14-22)23-17-24(31-30-23)28(33)32-29-19-21-16-26(35-3)27(36-4)18-25(21)34-2/h11-14,16-19H,5-10,15H2,1-4H3,(H,30,31)(H,32,33)/b29-19-. The van der Waals surface area contributed by atoms with Crippen molar-refractivity contribution in [1.82, 2.24) is 15.6 Å². The summed E-state index contributed by atoms with van der Waals surface area (Å²) in [6, 6.07) is 12.8. The zero-order valence-electron chi connectivity index (χ0n) is 22.0. The predicted octanol–water partition coefficient (Wildman–Crippen LogP) is 5.61. The van der Waals surface area contributed by atoms with E-state index in [1.807, 2.05) is 24.3 Å². The minimum atomic E-state index is -0.423. The van der Waals surface area contributed by atoms with Gasteiger partial charge in [0.25, 0.3) is 5.91 Å². The van der Waals surface area contributed by atoms with Gasteiger partial charge in [0, 0.05) is 17.2 Å². The maximum Gasteiger partial charge on any atom is 0.289 e. The van der Waals surface area contributed by atoms with Crippen LogP contribution in [-0.4, -0.2) is 50.3 Å². The lowest BCUT2D eigenvalue weighted by molar-refractivity contribution is 0.0950. The third-order valence-electron chi connectivity index (χ3n) is 5.84. The molecule has 2 N–H and O–H groups in total. The number of carbonyl (C=O) groups excluding carboxylic acids is 1. The lowest BCUT2D eigenvalue weighted by Crippen LogP contribution is -2.18. The zero-order chi connectivity index (χ0) is 26.5. The number of nitrogens with zero attached hydrogens (tertiary/aromatic N) is 2. The number of carbonyl (C=O) groups is 1. The third-order valence-corrected chi connectivity index (χ3v) is 5.84. The Kier molecular flexibility index (Phi) is 10.8. The molecule has 0 atom stereocenters. The lowest BCUT2D eigenvalue weighted by Gasteiger charge is -2.11. The van der Waals surface area contributed by atoms with Crippen LogP contribution in [-0.2, 0) is 0 Å². The lowest BCUT2D eigenvalue weighted by atomic mass is 10.1. The molecule has 0 radical (unpaired) electrons. The first-order chi connectivity index (χ1) is 18.1. The van der Waals surface area contributed by atoms with Crippen molar-refractivity contribution in [3.63, 3.8) is 0 Å². The highest BCUT2D eigenvalue weighted by Crippen LogP contribution is 2.33. The van der Waals surface area contributed by atoms with Gasteiger partial charge in [0.1, 0.15) is 17.2 Å². The van der Waals surface area contributed by atoms with Gasteiger partial charge in [-0.05, 0) is 42.8 Å². The summed E-state index contributed by atoms with van der Waals surface area (Å²) in [7, 11) is 4.63. The number of H-pyrrole nitrogens is 1. The number of hydrogen-bond acceptors (Lipinski definition) is 7. The number of aromatic nitrogens is 2. The number of methoxy groups -OCH3 is 3. The molecule has 0 aliphatic rings. The first kappa shape index (κ1) is 27.6. The van der Waals surface area contributed by atoms with Gasteiger partial charge in [-0.25, -0.2) is 5.43 Å². The Morgan fingerprint density at radius 2 is 1.59 bits per heavy atom. The molecule has 9 heteroatoms. The first-order valence-corrected chi connectivity index (χ1v) is 12.5. The van der Waals surface area contributed by atoms with Crippen molar-refractivity contribution in [3.8, 4) is 34.3 Å². The summed E-state index contributed by atoms with van der Waals surface area (Å²) in [6.45, 7) is 2.94. The highest BCUT2D eigenvalue weighted by Gasteiger charge is 2.12. The predicted molar refractivity (Wildman–Crippen MR) is 144 cm³/mol. The second-order valence-electron chi connectivity index (χ2n) is 8.46. The van der Waals surface area contributed by atoms with E-state index in [1.54, 1.807) is 32.4 Å². The summed E-state index contributed by atoms with van der Waals surface area (Å²) < 4.78 is 21.8. The number of hydrogen-bond donors (Lipinski definition) is 2. The van der Waals surface area contributed by atoms with E-state index in [2.05, 4.69) is 27.6 Å². The molecule has 0 unspecified atom stereocenters. The van der Waals surface area contributed by atoms with Gasteiger partial charge in [0.2, 0.25) is 0 Å². The maximum absolute atomic E-state index is 12.5. The quantitative estimate of drug-likeness (QED) is 0.157. The number of amides is 1. The monoisotopic (exact) mass is 508 g/mol. The molecule has 0 fully saturated rings. The minimum Gasteiger partial charge on any atom is -0.496 e. The van der Waals surface area contributed by atoms with Crippen LogP contribution in [0.4, 0.5) is 0 Å². The molecule has 1 amide bonds. The van der Waals surface area contributed by atoms with Crippen molar-refractivity contribution in [2.75, 3.05) is 27.9 Å². The number of ether oxygens (including phenoxy) is 4. The second-order valence-corrected chi connectivity index (χ2v) is 8.46. The number of hydrazone groups is 1. The Labute approximate surface area is 218 Å². The van der Waals surface area contributed by atoms with Crippen LogP contribution < -0.4 is 24.4 Å². The van der Waals surface area contributed by atoms with E-state index in [0.29, 0.717) is 35.1 Å². The van der Waals surface area contributed by atoms with Crippen molar-refractivity contribution in [3.05, 3.63) is 53.7 Å². The van der Waals surface area contributed by atoms with Gasteiger partial charge >= 0.3 is 0 Å². The molecule has 0 saturated carbocycles. The van der Waals surface area contributed by atoms with E-state index in [-0.39, 0.29) is 5.69 Å². The smallest absolute Gasteiger partial charge is 0.289 e. The zero-order valence-corrected chi connectivity index (χ0v) is 22.0. The van der Waals surface area contributed by atoms with Gasteiger partial charge in [-0.1, -0.05) is 39.0 Å². The first-order valence-electron chi connectivity index (χ1n) is 12.5. The molecule has 37 heavy (non-hydrogen) atoms. The Balaban J connectivity index is 1.53. The van der Waals surface area contributed by atoms with Crippen molar-refractivity contribution in [2.24, 2.45) is 5.10 Å². The van der Waals surface area contributed by atoms with Crippen molar-refractivity contribution in [2.45, 2.75) is 45.4 Å². The van der Waals surface area contributed by atoms with Gasteiger partial charge in [0.15, 0.2) is 11.5 Å². The van der Waals surface area contributed by atoms with E-state index in [1.165, 1.54) is 45.4 Å². The Morgan fingerprint density at radius 1 is 0.919 bits per heavy atom. The third kappa shape index (κ3) is 7.99. The number of unbranched alkanes of at least 4 members (excludes halogenated alkanes) is 5. The number of benzene rings is 2. The number of aromatic amines is 1. The van der Waals surface area contributed by atoms with Gasteiger partial charge in [0.05, 0.1) is 39.8 Å². The fourth-order valence-electron chi connectivity index (χ4n) is 3.75. The van der Waals surface area contributed by atoms with E-state index < -0.39 is 5.91 Å². The molecule has 0 spiro atoms. The molecule has 0 saturated heterocycles. The summed E-state index contributed by atoms with van der Waals surface area (Å²) in [5, 5.41) is 11.1. The van der Waals surface area contributed by atoms with Crippen LogP contribution in [0, 0.1) is 0 Å². The van der Waals surface area contributed by atoms with E-state index in [9.17, 15) is 4.79 Å². The molecule has 3 aromatic rings. The van der Waals surface area contributed by atoms with Gasteiger partial charge < -0.3 is 18.9 Å². The molecule has 0 aliphatic heterocycles. The molecule has 2 aromatic carbocycles. The highest BCUT2D eigenvalue weighted by atomic mass is 16.5. The molecule has 1 heterocycles. The maximum atomic E-state index is 12.5. The van der Waals surface area contributed by atoms with Crippen LogP contribution in [0.5, 0.6) is 23.0 Å².